The number of rotatable bonds is 3. The Labute approximate surface area is 95.7 Å². The van der Waals surface area contributed by atoms with Crippen LogP contribution in [0.2, 0.25) is 0 Å². The third-order valence-corrected chi connectivity index (χ3v) is 2.43. The molecule has 88 valence electrons. The van der Waals surface area contributed by atoms with Gasteiger partial charge in [0.05, 0.1) is 0 Å². The number of carboxylic acid groups (broad SMARTS) is 1. The van der Waals surface area contributed by atoms with Gasteiger partial charge in [0.1, 0.15) is 5.69 Å². The van der Waals surface area contributed by atoms with E-state index in [0.29, 0.717) is 11.1 Å². The molecule has 1 aromatic heterocycles. The number of hydrogen-bond acceptors (Lipinski definition) is 1. The van der Waals surface area contributed by atoms with Crippen LogP contribution < -0.4 is 0 Å². The summed E-state index contributed by atoms with van der Waals surface area (Å²) in [6.45, 7) is 0. The van der Waals surface area contributed by atoms with Crippen LogP contribution >= 0.6 is 0 Å². The van der Waals surface area contributed by atoms with Crippen LogP contribution in [0.3, 0.4) is 0 Å². The molecule has 0 fully saturated rings. The second kappa shape index (κ2) is 4.37. The fraction of sp³-hybridized carbons (Fsp3) is 0.0833. The van der Waals surface area contributed by atoms with Gasteiger partial charge in [-0.1, -0.05) is 24.3 Å². The number of halogens is 2. The van der Waals surface area contributed by atoms with Crippen LogP contribution in [-0.4, -0.2) is 16.1 Å². The summed E-state index contributed by atoms with van der Waals surface area (Å²) >= 11 is 0. The lowest BCUT2D eigenvalue weighted by molar-refractivity contribution is 0.0692. The molecule has 0 bridgehead atoms. The molecule has 2 aromatic rings. The molecule has 2 N–H and O–H groups in total. The average Bonchev–Trinajstić information content (AvgIpc) is 2.78. The molecule has 1 heterocycles. The molecule has 1 aromatic carbocycles. The number of carboxylic acids is 1. The summed E-state index contributed by atoms with van der Waals surface area (Å²) in [5.41, 5.74) is 1.04. The van der Waals surface area contributed by atoms with Crippen molar-refractivity contribution in [3.05, 3.63) is 47.8 Å². The number of benzene rings is 1. The number of H-pyrrole nitrogens is 1. The summed E-state index contributed by atoms with van der Waals surface area (Å²) in [5, 5.41) is 8.91. The molecule has 0 saturated carbocycles. The standard InChI is InChI=1S/C12H9F2NO2/c13-11(14)8-3-1-7(2-4-8)9-5-6-15-10(9)12(16)17/h1-6,11,15H,(H,16,17). The zero-order valence-corrected chi connectivity index (χ0v) is 8.65. The maximum Gasteiger partial charge on any atom is 0.352 e. The van der Waals surface area contributed by atoms with Crippen molar-refractivity contribution >= 4 is 5.97 Å². The lowest BCUT2D eigenvalue weighted by Crippen LogP contribution is -1.98. The van der Waals surface area contributed by atoms with E-state index in [0.717, 1.165) is 0 Å². The number of aromatic amines is 1. The second-order valence-electron chi connectivity index (χ2n) is 3.49. The van der Waals surface area contributed by atoms with E-state index in [1.807, 2.05) is 0 Å². The molecule has 0 aliphatic carbocycles. The van der Waals surface area contributed by atoms with E-state index in [2.05, 4.69) is 4.98 Å². The number of aromatic nitrogens is 1. The highest BCUT2D eigenvalue weighted by Crippen LogP contribution is 2.26. The van der Waals surface area contributed by atoms with Crippen molar-refractivity contribution in [2.45, 2.75) is 6.43 Å². The summed E-state index contributed by atoms with van der Waals surface area (Å²) < 4.78 is 24.7. The molecule has 0 amide bonds. The summed E-state index contributed by atoms with van der Waals surface area (Å²) in [4.78, 5) is 13.5. The van der Waals surface area contributed by atoms with Crippen molar-refractivity contribution in [2.75, 3.05) is 0 Å². The number of aromatic carboxylic acids is 1. The Morgan fingerprint density at radius 1 is 1.18 bits per heavy atom. The number of alkyl halides is 2. The van der Waals surface area contributed by atoms with Crippen molar-refractivity contribution in [3.8, 4) is 11.1 Å². The van der Waals surface area contributed by atoms with Crippen molar-refractivity contribution in [2.24, 2.45) is 0 Å². The predicted molar refractivity (Wildman–Crippen MR) is 58.1 cm³/mol. The summed E-state index contributed by atoms with van der Waals surface area (Å²) in [7, 11) is 0. The molecule has 0 aliphatic rings. The molecule has 0 saturated heterocycles. The van der Waals surface area contributed by atoms with Crippen molar-refractivity contribution in [1.29, 1.82) is 0 Å². The van der Waals surface area contributed by atoms with Gasteiger partial charge in [0, 0.05) is 17.3 Å². The quantitative estimate of drug-likeness (QED) is 0.860. The Morgan fingerprint density at radius 2 is 1.82 bits per heavy atom. The summed E-state index contributed by atoms with van der Waals surface area (Å²) in [6, 6.07) is 7.15. The monoisotopic (exact) mass is 237 g/mol. The topological polar surface area (TPSA) is 53.1 Å². The van der Waals surface area contributed by atoms with E-state index in [4.69, 9.17) is 5.11 Å². The highest BCUT2D eigenvalue weighted by atomic mass is 19.3. The molecule has 0 atom stereocenters. The Balaban J connectivity index is 2.40. The maximum absolute atomic E-state index is 12.3. The van der Waals surface area contributed by atoms with Gasteiger partial charge in [0.2, 0.25) is 0 Å². The first-order valence-electron chi connectivity index (χ1n) is 4.88. The van der Waals surface area contributed by atoms with E-state index in [-0.39, 0.29) is 11.3 Å². The lowest BCUT2D eigenvalue weighted by atomic mass is 10.0. The van der Waals surface area contributed by atoms with Gasteiger partial charge in [-0.05, 0) is 11.6 Å². The Morgan fingerprint density at radius 3 is 2.35 bits per heavy atom. The lowest BCUT2D eigenvalue weighted by Gasteiger charge is -2.03. The molecule has 0 unspecified atom stereocenters. The SMILES string of the molecule is O=C(O)c1[nH]ccc1-c1ccc(C(F)F)cc1. The molecular weight excluding hydrogens is 228 g/mol. The molecule has 5 heteroatoms. The van der Waals surface area contributed by atoms with Gasteiger partial charge in [-0.15, -0.1) is 0 Å². The highest BCUT2D eigenvalue weighted by molar-refractivity contribution is 5.94. The van der Waals surface area contributed by atoms with E-state index < -0.39 is 12.4 Å². The molecule has 0 aliphatic heterocycles. The van der Waals surface area contributed by atoms with Crippen LogP contribution in [0.1, 0.15) is 22.5 Å². The van der Waals surface area contributed by atoms with Gasteiger partial charge in [0.25, 0.3) is 6.43 Å². The Hall–Kier alpha value is -2.17. The van der Waals surface area contributed by atoms with Gasteiger partial charge in [-0.25, -0.2) is 13.6 Å². The average molecular weight is 237 g/mol. The molecule has 0 spiro atoms. The predicted octanol–water partition coefficient (Wildman–Crippen LogP) is 3.32. The smallest absolute Gasteiger partial charge is 0.352 e. The largest absolute Gasteiger partial charge is 0.477 e. The first kappa shape index (κ1) is 11.3. The van der Waals surface area contributed by atoms with Crippen molar-refractivity contribution in [1.82, 2.24) is 4.98 Å². The van der Waals surface area contributed by atoms with Gasteiger partial charge in [-0.2, -0.15) is 0 Å². The normalized spacial score (nSPS) is 10.8. The molecular formula is C12H9F2NO2. The van der Waals surface area contributed by atoms with Crippen LogP contribution in [0.5, 0.6) is 0 Å². The Bertz CT molecular complexity index is 532. The first-order chi connectivity index (χ1) is 8.09. The summed E-state index contributed by atoms with van der Waals surface area (Å²) in [5.74, 6) is -1.08. The number of carbonyl (C=O) groups is 1. The maximum atomic E-state index is 12.3. The van der Waals surface area contributed by atoms with E-state index >= 15 is 0 Å². The van der Waals surface area contributed by atoms with Crippen LogP contribution in [0.4, 0.5) is 8.78 Å². The van der Waals surface area contributed by atoms with E-state index in [9.17, 15) is 13.6 Å². The number of hydrogen-bond donors (Lipinski definition) is 2. The minimum atomic E-state index is -2.52. The highest BCUT2D eigenvalue weighted by Gasteiger charge is 2.13. The second-order valence-corrected chi connectivity index (χ2v) is 3.49. The van der Waals surface area contributed by atoms with Crippen LogP contribution in [0.15, 0.2) is 36.5 Å². The van der Waals surface area contributed by atoms with Crippen molar-refractivity contribution < 1.29 is 18.7 Å². The summed E-state index contributed by atoms with van der Waals surface area (Å²) in [6.07, 6.45) is -1.02. The minimum absolute atomic E-state index is 0.0507. The van der Waals surface area contributed by atoms with Gasteiger partial charge < -0.3 is 10.1 Å². The minimum Gasteiger partial charge on any atom is -0.477 e. The third kappa shape index (κ3) is 2.18. The fourth-order valence-corrected chi connectivity index (χ4v) is 1.60. The van der Waals surface area contributed by atoms with Crippen LogP contribution in [0.25, 0.3) is 11.1 Å². The molecule has 0 radical (unpaired) electrons. The molecule has 2 rings (SSSR count). The van der Waals surface area contributed by atoms with Gasteiger partial charge in [-0.3, -0.25) is 0 Å². The van der Waals surface area contributed by atoms with Crippen LogP contribution in [0, 0.1) is 0 Å². The first-order valence-corrected chi connectivity index (χ1v) is 4.88. The van der Waals surface area contributed by atoms with E-state index in [1.165, 1.54) is 30.5 Å². The van der Waals surface area contributed by atoms with Gasteiger partial charge in [0.15, 0.2) is 0 Å². The van der Waals surface area contributed by atoms with Crippen molar-refractivity contribution in [3.63, 3.8) is 0 Å². The Kier molecular flexibility index (Phi) is 2.91. The zero-order chi connectivity index (χ0) is 12.4. The third-order valence-electron chi connectivity index (χ3n) is 2.43. The van der Waals surface area contributed by atoms with Crippen LogP contribution in [-0.2, 0) is 0 Å². The molecule has 17 heavy (non-hydrogen) atoms. The van der Waals surface area contributed by atoms with E-state index in [1.54, 1.807) is 6.07 Å². The fourth-order valence-electron chi connectivity index (χ4n) is 1.60. The molecule has 3 nitrogen and oxygen atoms in total. The number of nitrogens with one attached hydrogen (secondary N) is 1. The van der Waals surface area contributed by atoms with Gasteiger partial charge >= 0.3 is 5.97 Å². The zero-order valence-electron chi connectivity index (χ0n) is 8.65.